The molecule has 0 radical (unpaired) electrons. The zero-order valence-corrected chi connectivity index (χ0v) is 20.2. The maximum atomic E-state index is 11.7. The molecule has 36 heavy (non-hydrogen) atoms. The van der Waals surface area contributed by atoms with Gasteiger partial charge in [0, 0.05) is 23.1 Å². The van der Waals surface area contributed by atoms with Crippen LogP contribution in [0.4, 0.5) is 11.5 Å². The first-order valence-corrected chi connectivity index (χ1v) is 13.7. The number of sulfonamides is 2. The molecule has 0 saturated heterocycles. The van der Waals surface area contributed by atoms with Gasteiger partial charge in [0.25, 0.3) is 0 Å². The number of nitrogens with zero attached hydrogens (tertiary/aromatic N) is 3. The van der Waals surface area contributed by atoms with E-state index in [1.807, 2.05) is 41.1 Å². The number of primary sulfonamides is 2. The summed E-state index contributed by atoms with van der Waals surface area (Å²) in [6.45, 7) is 0. The average molecular weight is 521 g/mol. The Labute approximate surface area is 207 Å². The van der Waals surface area contributed by atoms with E-state index in [1.165, 1.54) is 30.6 Å². The van der Waals surface area contributed by atoms with Crippen LogP contribution in [0.25, 0.3) is 27.8 Å². The highest BCUT2D eigenvalue weighted by atomic mass is 32.2. The number of nitrogens with one attached hydrogen (secondary N) is 1. The number of benzene rings is 3. The van der Waals surface area contributed by atoms with E-state index in [0.717, 1.165) is 16.5 Å². The topological polar surface area (TPSA) is 163 Å². The van der Waals surface area contributed by atoms with Crippen molar-refractivity contribution in [3.63, 3.8) is 0 Å². The highest BCUT2D eigenvalue weighted by Gasteiger charge is 2.18. The Hall–Kier alpha value is -4.10. The van der Waals surface area contributed by atoms with Crippen molar-refractivity contribution < 1.29 is 16.8 Å². The smallest absolute Gasteiger partial charge is 0.238 e. The Morgan fingerprint density at radius 2 is 1.31 bits per heavy atom. The summed E-state index contributed by atoms with van der Waals surface area (Å²) in [5.41, 5.74) is 3.62. The third-order valence-electron chi connectivity index (χ3n) is 5.56. The van der Waals surface area contributed by atoms with Gasteiger partial charge in [-0.25, -0.2) is 37.1 Å². The van der Waals surface area contributed by atoms with Gasteiger partial charge in [-0.2, -0.15) is 0 Å². The van der Waals surface area contributed by atoms with Crippen molar-refractivity contribution in [1.29, 1.82) is 0 Å². The molecule has 0 unspecified atom stereocenters. The SMILES string of the molecule is NS(=O)(=O)c1ccc(Nc2ncnc3c2c(-c2ccccc2)cn3-c2ccc(S(N)(=O)=O)cc2)cc1. The quantitative estimate of drug-likeness (QED) is 0.310. The summed E-state index contributed by atoms with van der Waals surface area (Å²) < 4.78 is 48.4. The molecule has 2 heterocycles. The average Bonchev–Trinajstić information content (AvgIpc) is 3.25. The van der Waals surface area contributed by atoms with Gasteiger partial charge in [0.1, 0.15) is 12.1 Å². The molecule has 0 aliphatic heterocycles. The monoisotopic (exact) mass is 520 g/mol. The molecule has 0 fully saturated rings. The number of hydrogen-bond donors (Lipinski definition) is 3. The Balaban J connectivity index is 1.66. The van der Waals surface area contributed by atoms with Gasteiger partial charge in [-0.15, -0.1) is 0 Å². The maximum Gasteiger partial charge on any atom is 0.238 e. The number of nitrogens with two attached hydrogens (primary N) is 2. The van der Waals surface area contributed by atoms with Crippen molar-refractivity contribution in [2.45, 2.75) is 9.79 Å². The second-order valence-corrected chi connectivity index (χ2v) is 11.1. The van der Waals surface area contributed by atoms with Crippen LogP contribution in [-0.2, 0) is 20.0 Å². The van der Waals surface area contributed by atoms with Crippen LogP contribution in [0, 0.1) is 0 Å². The van der Waals surface area contributed by atoms with Gasteiger partial charge >= 0.3 is 0 Å². The second-order valence-electron chi connectivity index (χ2n) is 7.93. The summed E-state index contributed by atoms with van der Waals surface area (Å²) in [7, 11) is -7.64. The van der Waals surface area contributed by atoms with Gasteiger partial charge < -0.3 is 9.88 Å². The number of aromatic nitrogens is 3. The summed E-state index contributed by atoms with van der Waals surface area (Å²) in [4.78, 5) is 8.94. The minimum atomic E-state index is -3.83. The highest BCUT2D eigenvalue weighted by Crippen LogP contribution is 2.36. The van der Waals surface area contributed by atoms with Gasteiger partial charge in [0.2, 0.25) is 20.0 Å². The first-order chi connectivity index (χ1) is 17.1. The molecule has 0 atom stereocenters. The number of rotatable bonds is 6. The van der Waals surface area contributed by atoms with Crippen LogP contribution in [0.5, 0.6) is 0 Å². The number of fused-ring (bicyclic) bond motifs is 1. The second kappa shape index (κ2) is 8.84. The Morgan fingerprint density at radius 1 is 0.722 bits per heavy atom. The zero-order chi connectivity index (χ0) is 25.5. The predicted octanol–water partition coefficient (Wildman–Crippen LogP) is 3.13. The molecule has 10 nitrogen and oxygen atoms in total. The molecule has 5 rings (SSSR count). The molecule has 5 aromatic rings. The fraction of sp³-hybridized carbons (Fsp3) is 0. The van der Waals surface area contributed by atoms with E-state index in [-0.39, 0.29) is 9.79 Å². The highest BCUT2D eigenvalue weighted by molar-refractivity contribution is 7.89. The molecule has 0 spiro atoms. The van der Waals surface area contributed by atoms with Crippen LogP contribution in [0.15, 0.2) is 101 Å². The fourth-order valence-electron chi connectivity index (χ4n) is 3.85. The summed E-state index contributed by atoms with van der Waals surface area (Å²) >= 11 is 0. The van der Waals surface area contributed by atoms with Gasteiger partial charge in [-0.3, -0.25) is 0 Å². The van der Waals surface area contributed by atoms with E-state index >= 15 is 0 Å². The van der Waals surface area contributed by atoms with Gasteiger partial charge in [-0.05, 0) is 54.1 Å². The Bertz CT molecular complexity index is 1780. The lowest BCUT2D eigenvalue weighted by Crippen LogP contribution is -2.12. The van der Waals surface area contributed by atoms with E-state index in [0.29, 0.717) is 22.8 Å². The van der Waals surface area contributed by atoms with Crippen molar-refractivity contribution in [1.82, 2.24) is 14.5 Å². The summed E-state index contributed by atoms with van der Waals surface area (Å²) in [5.74, 6) is 0.502. The third kappa shape index (κ3) is 4.57. The lowest BCUT2D eigenvalue weighted by atomic mass is 10.1. The van der Waals surface area contributed by atoms with E-state index < -0.39 is 20.0 Å². The molecule has 3 aromatic carbocycles. The molecule has 0 aliphatic rings. The predicted molar refractivity (Wildman–Crippen MR) is 137 cm³/mol. The molecule has 2 aromatic heterocycles. The van der Waals surface area contributed by atoms with Crippen molar-refractivity contribution >= 4 is 42.6 Å². The largest absolute Gasteiger partial charge is 0.340 e. The van der Waals surface area contributed by atoms with Crippen molar-refractivity contribution in [3.05, 3.63) is 91.4 Å². The zero-order valence-electron chi connectivity index (χ0n) is 18.6. The molecule has 0 bridgehead atoms. The van der Waals surface area contributed by atoms with E-state index in [9.17, 15) is 16.8 Å². The van der Waals surface area contributed by atoms with Gasteiger partial charge in [-0.1, -0.05) is 30.3 Å². The minimum Gasteiger partial charge on any atom is -0.340 e. The molecule has 0 saturated carbocycles. The van der Waals surface area contributed by atoms with E-state index in [2.05, 4.69) is 15.3 Å². The molecular weight excluding hydrogens is 500 g/mol. The van der Waals surface area contributed by atoms with Crippen LogP contribution in [0.3, 0.4) is 0 Å². The molecule has 5 N–H and O–H groups in total. The lowest BCUT2D eigenvalue weighted by molar-refractivity contribution is 0.596. The molecule has 0 aliphatic carbocycles. The van der Waals surface area contributed by atoms with Crippen molar-refractivity contribution in [3.8, 4) is 16.8 Å². The normalized spacial score (nSPS) is 12.1. The van der Waals surface area contributed by atoms with E-state index in [4.69, 9.17) is 10.3 Å². The van der Waals surface area contributed by atoms with Gasteiger partial charge in [0.05, 0.1) is 15.2 Å². The third-order valence-corrected chi connectivity index (χ3v) is 7.42. The first-order valence-electron chi connectivity index (χ1n) is 10.6. The number of anilines is 2. The first kappa shape index (κ1) is 23.6. The van der Waals surface area contributed by atoms with Crippen LogP contribution >= 0.6 is 0 Å². The van der Waals surface area contributed by atoms with Crippen LogP contribution in [0.2, 0.25) is 0 Å². The minimum absolute atomic E-state index is 0.0000441. The molecule has 182 valence electrons. The summed E-state index contributed by atoms with van der Waals surface area (Å²) in [6, 6.07) is 21.8. The Morgan fingerprint density at radius 3 is 1.89 bits per heavy atom. The van der Waals surface area contributed by atoms with Crippen LogP contribution in [-0.4, -0.2) is 31.4 Å². The fourth-order valence-corrected chi connectivity index (χ4v) is 4.88. The van der Waals surface area contributed by atoms with Crippen molar-refractivity contribution in [2.24, 2.45) is 10.3 Å². The van der Waals surface area contributed by atoms with E-state index in [1.54, 1.807) is 24.3 Å². The molecule has 12 heteroatoms. The maximum absolute atomic E-state index is 11.7. The summed E-state index contributed by atoms with van der Waals surface area (Å²) in [5, 5.41) is 14.4. The van der Waals surface area contributed by atoms with Crippen LogP contribution < -0.4 is 15.6 Å². The molecular formula is C24H20N6O4S2. The standard InChI is InChI=1S/C24H20N6O4S2/c25-35(31,32)19-10-6-17(7-11-19)29-23-22-21(16-4-2-1-3-5-16)14-30(24(22)28-15-27-23)18-8-12-20(13-9-18)36(26,33)34/h1-15H,(H2,25,31,32)(H2,26,33,34)(H,27,28,29). The summed E-state index contributed by atoms with van der Waals surface area (Å²) in [6.07, 6.45) is 3.31. The van der Waals surface area contributed by atoms with Crippen molar-refractivity contribution in [2.75, 3.05) is 5.32 Å². The number of hydrogen-bond acceptors (Lipinski definition) is 7. The molecule has 0 amide bonds. The lowest BCUT2D eigenvalue weighted by Gasteiger charge is -2.10. The Kier molecular flexibility index (Phi) is 5.80. The van der Waals surface area contributed by atoms with Gasteiger partial charge in [0.15, 0.2) is 5.65 Å². The van der Waals surface area contributed by atoms with Crippen LogP contribution in [0.1, 0.15) is 0 Å².